The molecule has 5 aromatic rings. The number of carboxylic acids is 1. The van der Waals surface area contributed by atoms with Crippen molar-refractivity contribution in [2.45, 2.75) is 32.1 Å². The summed E-state index contributed by atoms with van der Waals surface area (Å²) in [6.07, 6.45) is 4.89. The monoisotopic (exact) mass is 672 g/mol. The number of fused-ring (bicyclic) bond motifs is 1. The predicted octanol–water partition coefficient (Wildman–Crippen LogP) is 5.52. The lowest BCUT2D eigenvalue weighted by Gasteiger charge is -2.27. The molecule has 0 radical (unpaired) electrons. The number of pyridine rings is 1. The zero-order valence-electron chi connectivity index (χ0n) is 25.4. The quantitative estimate of drug-likeness (QED) is 0.146. The van der Waals surface area contributed by atoms with Crippen molar-refractivity contribution in [3.63, 3.8) is 0 Å². The third-order valence-electron chi connectivity index (χ3n) is 7.47. The first-order valence-electron chi connectivity index (χ1n) is 14.6. The van der Waals surface area contributed by atoms with Gasteiger partial charge in [-0.1, -0.05) is 12.0 Å². The van der Waals surface area contributed by atoms with E-state index in [0.29, 0.717) is 22.1 Å². The van der Waals surface area contributed by atoms with E-state index in [4.69, 9.17) is 15.2 Å². The molecule has 1 fully saturated rings. The van der Waals surface area contributed by atoms with Gasteiger partial charge in [0.2, 0.25) is 5.88 Å². The van der Waals surface area contributed by atoms with E-state index in [1.54, 1.807) is 36.2 Å². The summed E-state index contributed by atoms with van der Waals surface area (Å²) in [6, 6.07) is 9.04. The first kappa shape index (κ1) is 32.4. The van der Waals surface area contributed by atoms with E-state index in [1.807, 2.05) is 0 Å². The highest BCUT2D eigenvalue weighted by Crippen LogP contribution is 2.30. The number of carboxylic acid groups (broad SMARTS) is 1. The van der Waals surface area contributed by atoms with Gasteiger partial charge in [0.15, 0.2) is 5.82 Å². The molecule has 0 bridgehead atoms. The van der Waals surface area contributed by atoms with Crippen LogP contribution >= 0.6 is 11.3 Å². The Bertz CT molecular complexity index is 2150. The van der Waals surface area contributed by atoms with Gasteiger partial charge in [0.1, 0.15) is 34.6 Å². The number of aromatic nitrogens is 4. The van der Waals surface area contributed by atoms with Gasteiger partial charge in [-0.05, 0) is 48.2 Å². The van der Waals surface area contributed by atoms with Crippen LogP contribution in [0.4, 0.5) is 13.2 Å². The molecule has 0 amide bonds. The Balaban J connectivity index is 1.21. The molecule has 1 unspecified atom stereocenters. The number of nitrogens with zero attached hydrogens (tertiary/aromatic N) is 5. The summed E-state index contributed by atoms with van der Waals surface area (Å²) in [5, 5.41) is 10.1. The van der Waals surface area contributed by atoms with E-state index in [2.05, 4.69) is 31.8 Å². The number of hydrogen-bond acceptors (Lipinski definition) is 9. The van der Waals surface area contributed by atoms with Crippen molar-refractivity contribution in [1.29, 1.82) is 0 Å². The van der Waals surface area contributed by atoms with E-state index in [-0.39, 0.29) is 70.8 Å². The molecular formula is C34H27F3N6O4S. The number of allylic oxidation sites excluding steroid dienone is 1. The lowest BCUT2D eigenvalue weighted by molar-refractivity contribution is -0.0589. The van der Waals surface area contributed by atoms with Crippen molar-refractivity contribution in [3.8, 4) is 29.0 Å². The number of rotatable bonds is 10. The van der Waals surface area contributed by atoms with Crippen LogP contribution in [0.2, 0.25) is 0 Å². The second-order valence-corrected chi connectivity index (χ2v) is 11.8. The summed E-state index contributed by atoms with van der Waals surface area (Å²) >= 11 is 1.32. The van der Waals surface area contributed by atoms with E-state index < -0.39 is 23.4 Å². The first-order chi connectivity index (χ1) is 23.2. The van der Waals surface area contributed by atoms with Crippen molar-refractivity contribution in [2.75, 3.05) is 13.7 Å². The molecule has 3 aromatic heterocycles. The van der Waals surface area contributed by atoms with E-state index in [9.17, 15) is 14.3 Å². The normalized spacial score (nSPS) is 14.6. The third kappa shape index (κ3) is 7.07. The summed E-state index contributed by atoms with van der Waals surface area (Å²) in [4.78, 5) is 29.2. The second kappa shape index (κ2) is 14.1. The average Bonchev–Trinajstić information content (AvgIpc) is 3.66. The van der Waals surface area contributed by atoms with Crippen LogP contribution in [0.25, 0.3) is 22.3 Å². The van der Waals surface area contributed by atoms with Crippen molar-refractivity contribution in [2.24, 2.45) is 10.7 Å². The molecule has 3 N–H and O–H groups in total. The van der Waals surface area contributed by atoms with Crippen LogP contribution in [0.1, 0.15) is 38.1 Å². The Hall–Kier alpha value is -5.52. The number of carbonyl (C=O) groups is 1. The zero-order chi connectivity index (χ0) is 33.8. The van der Waals surface area contributed by atoms with E-state index in [0.717, 1.165) is 24.6 Å². The van der Waals surface area contributed by atoms with Gasteiger partial charge in [0.05, 0.1) is 46.1 Å². The first-order valence-corrected chi connectivity index (χ1v) is 15.5. The minimum Gasteiger partial charge on any atom is -0.478 e. The second-order valence-electron chi connectivity index (χ2n) is 10.7. The Morgan fingerprint density at radius 1 is 1.21 bits per heavy atom. The van der Waals surface area contributed by atoms with E-state index in [1.165, 1.54) is 29.7 Å². The van der Waals surface area contributed by atoms with Gasteiger partial charge in [-0.3, -0.25) is 4.99 Å². The lowest BCUT2D eigenvalue weighted by Crippen LogP contribution is -2.31. The molecule has 0 saturated carbocycles. The number of benzene rings is 2. The number of aliphatic imine (C=N–C) groups is 1. The van der Waals surface area contributed by atoms with E-state index >= 15 is 8.78 Å². The predicted molar refractivity (Wildman–Crippen MR) is 173 cm³/mol. The van der Waals surface area contributed by atoms with Crippen molar-refractivity contribution in [3.05, 3.63) is 105 Å². The average molecular weight is 673 g/mol. The van der Waals surface area contributed by atoms with Crippen molar-refractivity contribution >= 4 is 34.6 Å². The van der Waals surface area contributed by atoms with Crippen molar-refractivity contribution in [1.82, 2.24) is 19.5 Å². The fourth-order valence-electron chi connectivity index (χ4n) is 5.02. The van der Waals surface area contributed by atoms with Gasteiger partial charge < -0.3 is 24.9 Å². The number of ether oxygens (including phenoxy) is 2. The number of imidazole rings is 1. The largest absolute Gasteiger partial charge is 0.478 e. The highest BCUT2D eigenvalue weighted by molar-refractivity contribution is 7.12. The highest BCUT2D eigenvalue weighted by Gasteiger charge is 2.25. The molecular weight excluding hydrogens is 645 g/mol. The smallest absolute Gasteiger partial charge is 0.335 e. The molecule has 1 saturated heterocycles. The van der Waals surface area contributed by atoms with Gasteiger partial charge in [-0.15, -0.1) is 11.3 Å². The van der Waals surface area contributed by atoms with Crippen LogP contribution in [0.5, 0.6) is 5.88 Å². The molecule has 1 aliphatic rings. The topological polar surface area (TPSA) is 138 Å². The Morgan fingerprint density at radius 3 is 2.77 bits per heavy atom. The molecule has 10 nitrogen and oxygen atoms in total. The minimum absolute atomic E-state index is 0.0210. The van der Waals surface area contributed by atoms with Gasteiger partial charge >= 0.3 is 5.97 Å². The van der Waals surface area contributed by atoms with Gasteiger partial charge in [0.25, 0.3) is 0 Å². The molecule has 14 heteroatoms. The molecule has 2 aromatic carbocycles. The maximum atomic E-state index is 15.6. The van der Waals surface area contributed by atoms with Crippen molar-refractivity contribution < 1.29 is 32.5 Å². The van der Waals surface area contributed by atoms with Gasteiger partial charge in [-0.25, -0.2) is 32.9 Å². The summed E-state index contributed by atoms with van der Waals surface area (Å²) in [5.74, 6) is 2.70. The fraction of sp³-hybridized carbons (Fsp3) is 0.206. The fourth-order valence-corrected chi connectivity index (χ4v) is 5.70. The number of aromatic carboxylic acids is 1. The standard InChI is InChI=1S/C34H27F3N6O4S/c1-39-15-19(14-38)5-6-23-16-40-32(48-23)18-47-31-4-2-3-28(41-31)24-13-25(35)20(9-26(24)36)12-30-42-33-27(37)10-21(34(44)45)11-29(33)43(30)17-22-7-8-46-22/h2-4,9-11,13-16,22H,7-8,12,17-18,38H2,1H3,(H,44,45)/b19-14-,39-15?. The molecule has 4 heterocycles. The summed E-state index contributed by atoms with van der Waals surface area (Å²) in [5.41, 5.74) is 6.07. The highest BCUT2D eigenvalue weighted by atomic mass is 32.1. The van der Waals surface area contributed by atoms with Crippen LogP contribution < -0.4 is 10.5 Å². The molecule has 0 aliphatic carbocycles. The van der Waals surface area contributed by atoms with Crippen LogP contribution in [-0.4, -0.2) is 56.6 Å². The summed E-state index contributed by atoms with van der Waals surface area (Å²) in [6.45, 7) is 0.897. The van der Waals surface area contributed by atoms with Gasteiger partial charge in [-0.2, -0.15) is 0 Å². The minimum atomic E-state index is -1.30. The Kier molecular flexibility index (Phi) is 9.51. The number of hydrogen-bond donors (Lipinski definition) is 2. The third-order valence-corrected chi connectivity index (χ3v) is 8.36. The Morgan fingerprint density at radius 2 is 2.04 bits per heavy atom. The maximum absolute atomic E-state index is 15.6. The summed E-state index contributed by atoms with van der Waals surface area (Å²) in [7, 11) is 1.62. The summed E-state index contributed by atoms with van der Waals surface area (Å²) < 4.78 is 58.9. The molecule has 6 rings (SSSR count). The van der Waals surface area contributed by atoms with Crippen LogP contribution in [0.15, 0.2) is 65.4 Å². The van der Waals surface area contributed by atoms with Crippen LogP contribution in [-0.2, 0) is 24.3 Å². The molecule has 1 aliphatic heterocycles. The molecule has 1 atom stereocenters. The lowest BCUT2D eigenvalue weighted by atomic mass is 10.0. The molecule has 48 heavy (non-hydrogen) atoms. The maximum Gasteiger partial charge on any atom is 0.335 e. The SMILES string of the molecule is CN=C/C(C#Cc1cnc(COc2cccc(-c3cc(F)c(Cc4nc5c(F)cc(C(=O)O)cc5n4CC4CCO4)cc3F)n2)s1)=C\N. The molecule has 244 valence electrons. The molecule has 0 spiro atoms. The van der Waals surface area contributed by atoms with Crippen LogP contribution in [0.3, 0.4) is 0 Å². The number of nitrogens with two attached hydrogens (primary N) is 1. The number of halogens is 3. The number of thiazole rings is 1. The Labute approximate surface area is 276 Å². The van der Waals surface area contributed by atoms with Gasteiger partial charge in [0, 0.05) is 44.1 Å². The zero-order valence-corrected chi connectivity index (χ0v) is 26.2. The van der Waals surface area contributed by atoms with Crippen LogP contribution in [0, 0.1) is 29.3 Å².